The van der Waals surface area contributed by atoms with Crippen LogP contribution >= 0.6 is 9.30 Å². The zero-order valence-corrected chi connectivity index (χ0v) is 36.3. The summed E-state index contributed by atoms with van der Waals surface area (Å²) >= 11 is 1.47. The molecule has 0 aliphatic heterocycles. The second-order valence-electron chi connectivity index (χ2n) is 16.5. The predicted molar refractivity (Wildman–Crippen MR) is 233 cm³/mol. The van der Waals surface area contributed by atoms with Crippen LogP contribution in [0.3, 0.4) is 0 Å². The molecule has 0 saturated carbocycles. The summed E-state index contributed by atoms with van der Waals surface area (Å²) in [7, 11) is 4.64. The Balaban J connectivity index is 0.000000149. The molecule has 9 rings (SSSR count). The van der Waals surface area contributed by atoms with Crippen LogP contribution in [0.15, 0.2) is 150 Å². The molecule has 56 heavy (non-hydrogen) atoms. The Bertz CT molecular complexity index is 2330. The van der Waals surface area contributed by atoms with Crippen LogP contribution in [0.1, 0.15) is 84.6 Å². The summed E-state index contributed by atoms with van der Waals surface area (Å²) in [5.41, 5.74) is 19.0. The summed E-state index contributed by atoms with van der Waals surface area (Å²) in [5.74, 6) is 0.659. The molecule has 0 atom stereocenters. The molecular weight excluding hydrogens is 740 g/mol. The molecule has 0 amide bonds. The van der Waals surface area contributed by atoms with E-state index in [9.17, 15) is 10.2 Å². The van der Waals surface area contributed by atoms with E-state index in [0.717, 1.165) is 22.3 Å². The Hall–Kier alpha value is -4.60. The quantitative estimate of drug-likeness (QED) is 0.135. The van der Waals surface area contributed by atoms with E-state index in [2.05, 4.69) is 163 Å². The number of aromatic hydroxyl groups is 2. The normalized spacial score (nSPS) is 15.6. The van der Waals surface area contributed by atoms with Crippen molar-refractivity contribution in [2.75, 3.05) is 0 Å². The number of benzene rings is 6. The van der Waals surface area contributed by atoms with Gasteiger partial charge in [-0.3, -0.25) is 6.08 Å². The van der Waals surface area contributed by atoms with Crippen molar-refractivity contribution < 1.29 is 29.6 Å². The van der Waals surface area contributed by atoms with Crippen LogP contribution in [0, 0.1) is 11.5 Å². The third-order valence-corrected chi connectivity index (χ3v) is 12.2. The molecule has 0 bridgehead atoms. The van der Waals surface area contributed by atoms with Crippen molar-refractivity contribution in [1.29, 1.82) is 0 Å². The van der Waals surface area contributed by atoms with E-state index >= 15 is 0 Å². The SMILES string of the molecule is CC1(C)c2ccccc2-c2ccc(-c3ccccc3O)cc21.CC1(C)c2ccccc2-c2ccc(-c3ccccc3O)cc21.CC1=[C-]C(C)(C)C(C)=C1C.[Cl][Ti+]. The summed E-state index contributed by atoms with van der Waals surface area (Å²) in [4.78, 5) is 0. The van der Waals surface area contributed by atoms with Gasteiger partial charge >= 0.3 is 28.7 Å². The third-order valence-electron chi connectivity index (χ3n) is 12.2. The van der Waals surface area contributed by atoms with Gasteiger partial charge in [0.1, 0.15) is 11.5 Å². The van der Waals surface area contributed by atoms with E-state index in [1.165, 1.54) is 80.6 Å². The van der Waals surface area contributed by atoms with Gasteiger partial charge in [-0.05, 0) is 79.9 Å². The second kappa shape index (κ2) is 16.1. The Morgan fingerprint density at radius 3 is 1.11 bits per heavy atom. The number of phenols is 2. The average Bonchev–Trinajstić information content (AvgIpc) is 3.65. The van der Waals surface area contributed by atoms with Crippen LogP contribution in [-0.4, -0.2) is 10.2 Å². The molecule has 3 aliphatic carbocycles. The number of hydrogen-bond acceptors (Lipinski definition) is 2. The maximum atomic E-state index is 10.1. The van der Waals surface area contributed by atoms with Gasteiger partial charge in [0.25, 0.3) is 0 Å². The van der Waals surface area contributed by atoms with Crippen molar-refractivity contribution in [3.8, 4) is 56.0 Å². The average molecular weight is 791 g/mol. The van der Waals surface area contributed by atoms with E-state index in [1.807, 2.05) is 36.4 Å². The number of para-hydroxylation sites is 2. The van der Waals surface area contributed by atoms with Crippen molar-refractivity contribution in [2.45, 2.75) is 73.1 Å². The van der Waals surface area contributed by atoms with Crippen LogP contribution in [0.5, 0.6) is 11.5 Å². The van der Waals surface area contributed by atoms with Gasteiger partial charge in [-0.1, -0.05) is 170 Å². The van der Waals surface area contributed by atoms with E-state index < -0.39 is 0 Å². The molecule has 282 valence electrons. The predicted octanol–water partition coefficient (Wildman–Crippen LogP) is 14.5. The van der Waals surface area contributed by atoms with Gasteiger partial charge in [0.05, 0.1) is 0 Å². The molecule has 3 aliphatic rings. The molecule has 0 spiro atoms. The summed E-state index contributed by atoms with van der Waals surface area (Å²) < 4.78 is 0. The van der Waals surface area contributed by atoms with E-state index in [4.69, 9.17) is 0 Å². The topological polar surface area (TPSA) is 40.5 Å². The fraction of sp³-hybridized carbons (Fsp3) is 0.231. The molecule has 6 aromatic rings. The number of phenolic OH excluding ortho intramolecular Hbond substituents is 2. The number of fused-ring (bicyclic) bond motifs is 6. The summed E-state index contributed by atoms with van der Waals surface area (Å²) in [6.07, 6.45) is 3.44. The zero-order valence-electron chi connectivity index (χ0n) is 34.0. The third kappa shape index (κ3) is 7.48. The molecule has 2 N–H and O–H groups in total. The molecule has 0 aromatic heterocycles. The van der Waals surface area contributed by atoms with E-state index in [-0.39, 0.29) is 16.2 Å². The summed E-state index contributed by atoms with van der Waals surface area (Å²) in [6.45, 7) is 20.0. The first-order valence-corrected chi connectivity index (χ1v) is 21.3. The first-order valence-electron chi connectivity index (χ1n) is 19.2. The van der Waals surface area contributed by atoms with Crippen LogP contribution in [0.2, 0.25) is 0 Å². The van der Waals surface area contributed by atoms with Gasteiger partial charge in [-0.2, -0.15) is 11.1 Å². The van der Waals surface area contributed by atoms with Crippen molar-refractivity contribution in [3.63, 3.8) is 0 Å². The first kappa shape index (κ1) is 41.0. The minimum absolute atomic E-state index is 0.00760. The van der Waals surface area contributed by atoms with Crippen LogP contribution < -0.4 is 0 Å². The standard InChI is InChI=1S/2C21H18O.C10H15.ClH.Ti/c2*1-21(2)18-9-5-3-8-16(18)17-12-11-14(13-19(17)21)15-7-4-6-10-20(15)22;1-7-6-10(4,5)9(3)8(7)2;;/h2*3-13,22H,1-2H3;1-5H3;1H;/q;;-1;;+2/p-1. The molecule has 2 nitrogen and oxygen atoms in total. The van der Waals surface area contributed by atoms with Gasteiger partial charge in [0.2, 0.25) is 0 Å². The molecule has 6 aromatic carbocycles. The van der Waals surface area contributed by atoms with Crippen molar-refractivity contribution in [1.82, 2.24) is 0 Å². The maximum absolute atomic E-state index is 10.1. The molecule has 0 heterocycles. The zero-order chi connectivity index (χ0) is 40.6. The van der Waals surface area contributed by atoms with Crippen LogP contribution in [-0.2, 0) is 30.2 Å². The monoisotopic (exact) mass is 790 g/mol. The Morgan fingerprint density at radius 1 is 0.446 bits per heavy atom. The fourth-order valence-electron chi connectivity index (χ4n) is 8.59. The second-order valence-corrected chi connectivity index (χ2v) is 16.5. The number of hydrogen-bond donors (Lipinski definition) is 2. The molecule has 0 fully saturated rings. The Morgan fingerprint density at radius 2 is 0.786 bits per heavy atom. The van der Waals surface area contributed by atoms with Crippen molar-refractivity contribution in [3.05, 3.63) is 179 Å². The van der Waals surface area contributed by atoms with Gasteiger partial charge < -0.3 is 10.2 Å². The van der Waals surface area contributed by atoms with Gasteiger partial charge in [-0.25, -0.2) is 5.57 Å². The molecule has 0 saturated heterocycles. The molecular formula is C52H51ClO2Ti. The van der Waals surface area contributed by atoms with Gasteiger partial charge in [-0.15, -0.1) is 6.92 Å². The molecule has 0 unspecified atom stereocenters. The van der Waals surface area contributed by atoms with Crippen LogP contribution in [0.4, 0.5) is 0 Å². The summed E-state index contributed by atoms with van der Waals surface area (Å²) in [6, 6.07) is 45.3. The van der Waals surface area contributed by atoms with Crippen molar-refractivity contribution >= 4 is 9.30 Å². The number of allylic oxidation sites excluding steroid dienone is 4. The molecule has 0 radical (unpaired) electrons. The summed E-state index contributed by atoms with van der Waals surface area (Å²) in [5, 5.41) is 20.2. The van der Waals surface area contributed by atoms with Crippen LogP contribution in [0.25, 0.3) is 44.5 Å². The molecule has 4 heteroatoms. The Kier molecular flexibility index (Phi) is 11.8. The minimum atomic E-state index is -0.00760. The number of halogens is 1. The van der Waals surface area contributed by atoms with Gasteiger partial charge in [0.15, 0.2) is 0 Å². The fourth-order valence-corrected chi connectivity index (χ4v) is 8.59. The van der Waals surface area contributed by atoms with E-state index in [0.29, 0.717) is 11.5 Å². The number of rotatable bonds is 2. The van der Waals surface area contributed by atoms with Crippen molar-refractivity contribution in [2.24, 2.45) is 5.41 Å². The Labute approximate surface area is 349 Å². The van der Waals surface area contributed by atoms with Gasteiger partial charge in [0, 0.05) is 22.0 Å². The van der Waals surface area contributed by atoms with E-state index in [1.54, 1.807) is 12.1 Å². The first-order chi connectivity index (χ1) is 26.6.